The Hall–Kier alpha value is -1.10. The van der Waals surface area contributed by atoms with Gasteiger partial charge in [-0.05, 0) is 6.92 Å². The third-order valence-corrected chi connectivity index (χ3v) is 2.58. The summed E-state index contributed by atoms with van der Waals surface area (Å²) in [5.41, 5.74) is 0. The van der Waals surface area contributed by atoms with Crippen molar-refractivity contribution in [2.75, 3.05) is 13.1 Å². The predicted molar refractivity (Wildman–Crippen MR) is 50.9 cm³/mol. The largest absolute Gasteiger partial charge is 0.481 e. The van der Waals surface area contributed by atoms with Crippen LogP contribution in [0.3, 0.4) is 0 Å². The monoisotopic (exact) mass is 200 g/mol. The van der Waals surface area contributed by atoms with Crippen LogP contribution >= 0.6 is 0 Å². The maximum atomic E-state index is 11.2. The topological polar surface area (TPSA) is 69.6 Å². The number of nitrogens with one attached hydrogen (secondary N) is 1. The molecular formula is C9H16N2O3. The van der Waals surface area contributed by atoms with Gasteiger partial charge in [0.2, 0.25) is 5.91 Å². The van der Waals surface area contributed by atoms with Crippen molar-refractivity contribution in [1.82, 2.24) is 10.2 Å². The van der Waals surface area contributed by atoms with Crippen LogP contribution in [0.25, 0.3) is 0 Å². The van der Waals surface area contributed by atoms with Crippen LogP contribution < -0.4 is 5.32 Å². The lowest BCUT2D eigenvalue weighted by Crippen LogP contribution is -2.58. The maximum absolute atomic E-state index is 11.2. The van der Waals surface area contributed by atoms with Crippen molar-refractivity contribution in [3.05, 3.63) is 0 Å². The number of carbonyl (C=O) groups excluding carboxylic acids is 1. The van der Waals surface area contributed by atoms with E-state index in [1.54, 1.807) is 4.90 Å². The number of carboxylic acid groups (broad SMARTS) is 1. The van der Waals surface area contributed by atoms with Gasteiger partial charge in [0.1, 0.15) is 0 Å². The molecule has 0 saturated carbocycles. The summed E-state index contributed by atoms with van der Waals surface area (Å²) in [5.74, 6) is -0.915. The van der Waals surface area contributed by atoms with E-state index >= 15 is 0 Å². The molecule has 80 valence electrons. The average molecular weight is 200 g/mol. The van der Waals surface area contributed by atoms with Gasteiger partial charge in [-0.1, -0.05) is 0 Å². The summed E-state index contributed by atoms with van der Waals surface area (Å²) >= 11 is 0. The van der Waals surface area contributed by atoms with Crippen molar-refractivity contribution in [1.29, 1.82) is 0 Å². The van der Waals surface area contributed by atoms with E-state index in [-0.39, 0.29) is 24.4 Å². The zero-order valence-corrected chi connectivity index (χ0v) is 8.49. The number of aliphatic carboxylic acids is 1. The summed E-state index contributed by atoms with van der Waals surface area (Å²) in [6.45, 7) is 4.71. The molecule has 2 atom stereocenters. The zero-order chi connectivity index (χ0) is 10.7. The Morgan fingerprint density at radius 3 is 2.71 bits per heavy atom. The van der Waals surface area contributed by atoms with Crippen LogP contribution in [-0.4, -0.2) is 47.1 Å². The molecule has 1 rings (SSSR count). The molecule has 2 N–H and O–H groups in total. The first-order chi connectivity index (χ1) is 6.52. The number of piperazine rings is 1. The first-order valence-corrected chi connectivity index (χ1v) is 4.74. The molecule has 1 aliphatic heterocycles. The summed E-state index contributed by atoms with van der Waals surface area (Å²) in [5, 5.41) is 11.9. The van der Waals surface area contributed by atoms with Crippen molar-refractivity contribution < 1.29 is 14.7 Å². The standard InChI is InChI=1S/C9H16N2O3/c1-6-8(5-9(13)14)11(7(2)12)4-3-10-6/h6,8,10H,3-5H2,1-2H3,(H,13,14)/t6-,8+/m1/s1. The van der Waals surface area contributed by atoms with Gasteiger partial charge >= 0.3 is 5.97 Å². The van der Waals surface area contributed by atoms with Gasteiger partial charge in [0, 0.05) is 26.1 Å². The van der Waals surface area contributed by atoms with Gasteiger partial charge in [-0.2, -0.15) is 0 Å². The zero-order valence-electron chi connectivity index (χ0n) is 8.49. The van der Waals surface area contributed by atoms with E-state index < -0.39 is 5.97 Å². The second-order valence-electron chi connectivity index (χ2n) is 3.62. The number of nitrogens with zero attached hydrogens (tertiary/aromatic N) is 1. The fraction of sp³-hybridized carbons (Fsp3) is 0.778. The molecule has 0 radical (unpaired) electrons. The first kappa shape index (κ1) is 11.0. The quantitative estimate of drug-likeness (QED) is 0.640. The van der Waals surface area contributed by atoms with E-state index in [9.17, 15) is 9.59 Å². The smallest absolute Gasteiger partial charge is 0.305 e. The molecule has 1 amide bonds. The van der Waals surface area contributed by atoms with Crippen molar-refractivity contribution in [2.24, 2.45) is 0 Å². The second kappa shape index (κ2) is 4.41. The third-order valence-electron chi connectivity index (χ3n) is 2.58. The van der Waals surface area contributed by atoms with Gasteiger partial charge in [0.25, 0.3) is 0 Å². The SMILES string of the molecule is CC(=O)N1CCN[C@H](C)[C@@H]1CC(=O)O. The second-order valence-corrected chi connectivity index (χ2v) is 3.62. The fourth-order valence-corrected chi connectivity index (χ4v) is 1.84. The predicted octanol–water partition coefficient (Wildman–Crippen LogP) is -0.330. The molecule has 5 nitrogen and oxygen atoms in total. The Bertz CT molecular complexity index is 242. The summed E-state index contributed by atoms with van der Waals surface area (Å²) < 4.78 is 0. The fourth-order valence-electron chi connectivity index (χ4n) is 1.84. The van der Waals surface area contributed by atoms with Crippen LogP contribution in [0.5, 0.6) is 0 Å². The molecule has 0 aromatic heterocycles. The number of rotatable bonds is 2. The average Bonchev–Trinajstić information content (AvgIpc) is 2.07. The first-order valence-electron chi connectivity index (χ1n) is 4.74. The highest BCUT2D eigenvalue weighted by atomic mass is 16.4. The number of carbonyl (C=O) groups is 2. The third kappa shape index (κ3) is 2.45. The maximum Gasteiger partial charge on any atom is 0.305 e. The Morgan fingerprint density at radius 1 is 1.57 bits per heavy atom. The van der Waals surface area contributed by atoms with Gasteiger partial charge < -0.3 is 15.3 Å². The van der Waals surface area contributed by atoms with Crippen molar-refractivity contribution in [2.45, 2.75) is 32.4 Å². The van der Waals surface area contributed by atoms with E-state index in [1.807, 2.05) is 6.92 Å². The van der Waals surface area contributed by atoms with E-state index in [0.717, 1.165) is 6.54 Å². The summed E-state index contributed by atoms with van der Waals surface area (Å²) in [6, 6.07) is -0.178. The van der Waals surface area contributed by atoms with Gasteiger partial charge in [-0.25, -0.2) is 0 Å². The Kier molecular flexibility index (Phi) is 3.46. The van der Waals surface area contributed by atoms with E-state index in [4.69, 9.17) is 5.11 Å². The van der Waals surface area contributed by atoms with Crippen molar-refractivity contribution in [3.8, 4) is 0 Å². The van der Waals surface area contributed by atoms with Gasteiger partial charge in [-0.15, -0.1) is 0 Å². The van der Waals surface area contributed by atoms with Gasteiger partial charge in [-0.3, -0.25) is 9.59 Å². The Balaban J connectivity index is 2.70. The lowest BCUT2D eigenvalue weighted by Gasteiger charge is -2.39. The van der Waals surface area contributed by atoms with E-state index in [1.165, 1.54) is 6.92 Å². The Labute approximate surface area is 83.1 Å². The highest BCUT2D eigenvalue weighted by Gasteiger charge is 2.31. The summed E-state index contributed by atoms with van der Waals surface area (Å²) in [4.78, 5) is 23.5. The molecule has 1 aliphatic rings. The molecule has 0 aliphatic carbocycles. The molecule has 1 saturated heterocycles. The number of hydrogen-bond acceptors (Lipinski definition) is 3. The number of amides is 1. The molecule has 1 heterocycles. The molecule has 1 fully saturated rings. The van der Waals surface area contributed by atoms with Crippen LogP contribution in [0, 0.1) is 0 Å². The molecule has 14 heavy (non-hydrogen) atoms. The minimum atomic E-state index is -0.864. The number of hydrogen-bond donors (Lipinski definition) is 2. The van der Waals surface area contributed by atoms with Gasteiger partial charge in [0.15, 0.2) is 0 Å². The van der Waals surface area contributed by atoms with Crippen LogP contribution in [0.1, 0.15) is 20.3 Å². The van der Waals surface area contributed by atoms with Crippen LogP contribution in [-0.2, 0) is 9.59 Å². The molecule has 0 aromatic carbocycles. The van der Waals surface area contributed by atoms with Crippen LogP contribution in [0.4, 0.5) is 0 Å². The molecular weight excluding hydrogens is 184 g/mol. The minimum Gasteiger partial charge on any atom is -0.481 e. The Morgan fingerprint density at radius 2 is 2.21 bits per heavy atom. The molecule has 0 bridgehead atoms. The lowest BCUT2D eigenvalue weighted by atomic mass is 10.0. The van der Waals surface area contributed by atoms with Gasteiger partial charge in [0.05, 0.1) is 12.5 Å². The van der Waals surface area contributed by atoms with Crippen molar-refractivity contribution in [3.63, 3.8) is 0 Å². The minimum absolute atomic E-state index is 0.00769. The van der Waals surface area contributed by atoms with Crippen LogP contribution in [0.15, 0.2) is 0 Å². The summed E-state index contributed by atoms with van der Waals surface area (Å²) in [7, 11) is 0. The molecule has 5 heteroatoms. The molecule has 0 aromatic rings. The van der Waals surface area contributed by atoms with Crippen molar-refractivity contribution >= 4 is 11.9 Å². The highest BCUT2D eigenvalue weighted by molar-refractivity contribution is 5.75. The highest BCUT2D eigenvalue weighted by Crippen LogP contribution is 2.13. The van der Waals surface area contributed by atoms with E-state index in [2.05, 4.69) is 5.32 Å². The molecule has 0 unspecified atom stereocenters. The normalized spacial score (nSPS) is 27.4. The molecule has 0 spiro atoms. The number of carboxylic acids is 1. The lowest BCUT2D eigenvalue weighted by molar-refractivity contribution is -0.141. The van der Waals surface area contributed by atoms with E-state index in [0.29, 0.717) is 6.54 Å². The van der Waals surface area contributed by atoms with Crippen LogP contribution in [0.2, 0.25) is 0 Å². The summed E-state index contributed by atoms with van der Waals surface area (Å²) in [6.07, 6.45) is 0.00769.